The Kier molecular flexibility index (Phi) is 4.29. The lowest BCUT2D eigenvalue weighted by molar-refractivity contribution is 0.664. The Hall–Kier alpha value is -2.16. The van der Waals surface area contributed by atoms with Crippen molar-refractivity contribution in [1.82, 2.24) is 20.2 Å². The number of nitriles is 2. The molecule has 2 heterocycles. The van der Waals surface area contributed by atoms with Gasteiger partial charge in [-0.3, -0.25) is 0 Å². The van der Waals surface area contributed by atoms with Crippen LogP contribution in [-0.4, -0.2) is 20.2 Å². The maximum atomic E-state index is 8.69. The molecule has 8 heteroatoms. The molecule has 0 fully saturated rings. The molecule has 2 aromatic heterocycles. The highest BCUT2D eigenvalue weighted by molar-refractivity contribution is 7.98. The minimum absolute atomic E-state index is 0.110. The predicted molar refractivity (Wildman–Crippen MR) is 71.9 cm³/mol. The Morgan fingerprint density at radius 2 is 2.32 bits per heavy atom. The molecular formula is C11H8N6S2. The monoisotopic (exact) mass is 288 g/mol. The van der Waals surface area contributed by atoms with Crippen LogP contribution in [0.15, 0.2) is 22.2 Å². The second-order valence-electron chi connectivity index (χ2n) is 3.51. The zero-order valence-corrected chi connectivity index (χ0v) is 11.6. The molecule has 0 saturated heterocycles. The van der Waals surface area contributed by atoms with Crippen LogP contribution < -0.4 is 0 Å². The molecule has 0 saturated carbocycles. The summed E-state index contributed by atoms with van der Waals surface area (Å²) in [6.07, 6.45) is 1.59. The summed E-state index contributed by atoms with van der Waals surface area (Å²) in [5, 5.41) is 31.3. The van der Waals surface area contributed by atoms with Crippen molar-refractivity contribution < 1.29 is 0 Å². The standard InChI is InChI=1S/C11H8N6S2/c1-17-11(14-15-16-17)19-7-9-3-10(18-6-9)2-8(4-12)5-13/h2-3,6H,7H2,1H3. The molecule has 0 aliphatic carbocycles. The second kappa shape index (κ2) is 6.14. The molecule has 0 aromatic carbocycles. The number of tetrazole rings is 1. The first-order chi connectivity index (χ1) is 9.22. The summed E-state index contributed by atoms with van der Waals surface area (Å²) >= 11 is 3.03. The van der Waals surface area contributed by atoms with Gasteiger partial charge in [0.05, 0.1) is 0 Å². The van der Waals surface area contributed by atoms with E-state index in [9.17, 15) is 0 Å². The highest BCUT2D eigenvalue weighted by Crippen LogP contribution is 2.24. The van der Waals surface area contributed by atoms with Crippen molar-refractivity contribution in [2.24, 2.45) is 7.05 Å². The lowest BCUT2D eigenvalue weighted by Gasteiger charge is -1.96. The fourth-order valence-electron chi connectivity index (χ4n) is 1.27. The van der Waals surface area contributed by atoms with Gasteiger partial charge in [0, 0.05) is 17.7 Å². The predicted octanol–water partition coefficient (Wildman–Crippen LogP) is 1.99. The van der Waals surface area contributed by atoms with Crippen LogP contribution in [0.25, 0.3) is 6.08 Å². The smallest absolute Gasteiger partial charge is 0.209 e. The Bertz CT molecular complexity index is 669. The van der Waals surface area contributed by atoms with E-state index < -0.39 is 0 Å². The number of aromatic nitrogens is 4. The van der Waals surface area contributed by atoms with E-state index in [1.54, 1.807) is 17.8 Å². The Morgan fingerprint density at radius 1 is 1.53 bits per heavy atom. The van der Waals surface area contributed by atoms with Crippen LogP contribution >= 0.6 is 23.1 Å². The molecule has 0 aliphatic rings. The molecule has 19 heavy (non-hydrogen) atoms. The van der Waals surface area contributed by atoms with E-state index in [1.165, 1.54) is 23.1 Å². The number of aryl methyl sites for hydroxylation is 1. The SMILES string of the molecule is Cn1nnnc1SCc1csc(C=C(C#N)C#N)c1. The topological polar surface area (TPSA) is 91.2 Å². The summed E-state index contributed by atoms with van der Waals surface area (Å²) in [6.45, 7) is 0. The summed E-state index contributed by atoms with van der Waals surface area (Å²) in [5.74, 6) is 0.743. The van der Waals surface area contributed by atoms with Gasteiger partial charge in [-0.05, 0) is 33.5 Å². The average molecular weight is 288 g/mol. The molecule has 0 aliphatic heterocycles. The molecule has 0 spiro atoms. The molecule has 0 radical (unpaired) electrons. The number of allylic oxidation sites excluding steroid dienone is 1. The van der Waals surface area contributed by atoms with E-state index >= 15 is 0 Å². The maximum absolute atomic E-state index is 8.69. The third-order valence-electron chi connectivity index (χ3n) is 2.15. The van der Waals surface area contributed by atoms with Crippen molar-refractivity contribution in [3.63, 3.8) is 0 Å². The van der Waals surface area contributed by atoms with Crippen molar-refractivity contribution in [3.8, 4) is 12.1 Å². The molecule has 0 amide bonds. The van der Waals surface area contributed by atoms with Gasteiger partial charge in [-0.1, -0.05) is 11.8 Å². The lowest BCUT2D eigenvalue weighted by atomic mass is 10.2. The molecule has 6 nitrogen and oxygen atoms in total. The van der Waals surface area contributed by atoms with Gasteiger partial charge in [0.15, 0.2) is 0 Å². The normalized spacial score (nSPS) is 9.63. The Labute approximate surface area is 118 Å². The van der Waals surface area contributed by atoms with Crippen LogP contribution in [0.3, 0.4) is 0 Å². The third kappa shape index (κ3) is 3.41. The van der Waals surface area contributed by atoms with E-state index in [-0.39, 0.29) is 5.57 Å². The summed E-state index contributed by atoms with van der Waals surface area (Å²) in [7, 11) is 1.79. The largest absolute Gasteiger partial charge is 0.224 e. The van der Waals surface area contributed by atoms with Crippen molar-refractivity contribution in [1.29, 1.82) is 10.5 Å². The first-order valence-electron chi connectivity index (χ1n) is 5.17. The van der Waals surface area contributed by atoms with Crippen molar-refractivity contribution >= 4 is 29.2 Å². The van der Waals surface area contributed by atoms with Crippen molar-refractivity contribution in [2.75, 3.05) is 0 Å². The number of rotatable bonds is 4. The molecule has 2 rings (SSSR count). The van der Waals surface area contributed by atoms with Gasteiger partial charge in [-0.15, -0.1) is 16.4 Å². The van der Waals surface area contributed by atoms with Crippen LogP contribution in [0.4, 0.5) is 0 Å². The third-order valence-corrected chi connectivity index (χ3v) is 4.16. The zero-order valence-electron chi connectivity index (χ0n) is 9.94. The molecule has 2 aromatic rings. The number of hydrogen-bond acceptors (Lipinski definition) is 7. The zero-order chi connectivity index (χ0) is 13.7. The molecule has 94 valence electrons. The van der Waals surface area contributed by atoms with Gasteiger partial charge in [0.1, 0.15) is 17.7 Å². The lowest BCUT2D eigenvalue weighted by Crippen LogP contribution is -1.92. The second-order valence-corrected chi connectivity index (χ2v) is 5.40. The fourth-order valence-corrected chi connectivity index (χ4v) is 3.00. The highest BCUT2D eigenvalue weighted by Gasteiger charge is 2.05. The minimum atomic E-state index is 0.110. The number of nitrogens with zero attached hydrogens (tertiary/aromatic N) is 6. The number of hydrogen-bond donors (Lipinski definition) is 0. The molecule has 0 bridgehead atoms. The first-order valence-corrected chi connectivity index (χ1v) is 7.04. The van der Waals surface area contributed by atoms with E-state index in [4.69, 9.17) is 10.5 Å². The van der Waals surface area contributed by atoms with Crippen LogP contribution in [0.5, 0.6) is 0 Å². The molecular weight excluding hydrogens is 280 g/mol. The molecule has 0 N–H and O–H groups in total. The van der Waals surface area contributed by atoms with Crippen molar-refractivity contribution in [2.45, 2.75) is 10.9 Å². The first kappa shape index (κ1) is 13.3. The summed E-state index contributed by atoms with van der Waals surface area (Å²) in [4.78, 5) is 0.893. The van der Waals surface area contributed by atoms with E-state index in [0.29, 0.717) is 0 Å². The highest BCUT2D eigenvalue weighted by atomic mass is 32.2. The van der Waals surface area contributed by atoms with Crippen LogP contribution in [-0.2, 0) is 12.8 Å². The number of thioether (sulfide) groups is 1. The van der Waals surface area contributed by atoms with Crippen molar-refractivity contribution in [3.05, 3.63) is 27.5 Å². The fraction of sp³-hybridized carbons (Fsp3) is 0.182. The van der Waals surface area contributed by atoms with Gasteiger partial charge in [-0.2, -0.15) is 10.5 Å². The van der Waals surface area contributed by atoms with Gasteiger partial charge in [-0.25, -0.2) is 4.68 Å². The van der Waals surface area contributed by atoms with Gasteiger partial charge in [0.2, 0.25) is 5.16 Å². The average Bonchev–Trinajstić information content (AvgIpc) is 3.02. The Balaban J connectivity index is 2.03. The van der Waals surface area contributed by atoms with Crippen LogP contribution in [0, 0.1) is 22.7 Å². The van der Waals surface area contributed by atoms with Gasteiger partial charge >= 0.3 is 0 Å². The minimum Gasteiger partial charge on any atom is -0.224 e. The number of thiophene rings is 1. The summed E-state index contributed by atoms with van der Waals surface area (Å²) in [5.41, 5.74) is 1.22. The van der Waals surface area contributed by atoms with E-state index in [1.807, 2.05) is 23.6 Å². The van der Waals surface area contributed by atoms with Gasteiger partial charge in [0.25, 0.3) is 0 Å². The van der Waals surface area contributed by atoms with Gasteiger partial charge < -0.3 is 0 Å². The summed E-state index contributed by atoms with van der Waals surface area (Å²) < 4.78 is 1.61. The molecule has 0 unspecified atom stereocenters. The Morgan fingerprint density at radius 3 is 2.95 bits per heavy atom. The van der Waals surface area contributed by atoms with Crippen LogP contribution in [0.1, 0.15) is 10.4 Å². The quantitative estimate of drug-likeness (QED) is 0.631. The summed E-state index contributed by atoms with van der Waals surface area (Å²) in [6, 6.07) is 5.64. The van der Waals surface area contributed by atoms with E-state index in [0.717, 1.165) is 21.3 Å². The van der Waals surface area contributed by atoms with E-state index in [2.05, 4.69) is 15.5 Å². The van der Waals surface area contributed by atoms with Crippen LogP contribution in [0.2, 0.25) is 0 Å². The molecule has 0 atom stereocenters. The maximum Gasteiger partial charge on any atom is 0.209 e.